The molecule has 0 aromatic carbocycles. The average Bonchev–Trinajstić information content (AvgIpc) is 3.00. The fourth-order valence-electron chi connectivity index (χ4n) is 1.91. The van der Waals surface area contributed by atoms with Gasteiger partial charge in [0.2, 0.25) is 5.91 Å². The van der Waals surface area contributed by atoms with Crippen LogP contribution in [0.15, 0.2) is 10.6 Å². The Morgan fingerprint density at radius 2 is 1.81 bits per heavy atom. The van der Waals surface area contributed by atoms with Gasteiger partial charge >= 0.3 is 11.9 Å². The lowest BCUT2D eigenvalue weighted by molar-refractivity contribution is -0.159. The number of nitrogens with zero attached hydrogens (tertiary/aromatic N) is 2. The summed E-state index contributed by atoms with van der Waals surface area (Å²) in [5.74, 6) is -2.60. The molecule has 148 valence electrons. The molecule has 1 aromatic heterocycles. The van der Waals surface area contributed by atoms with Crippen LogP contribution in [0.2, 0.25) is 0 Å². The number of aliphatic carboxylic acids is 2. The van der Waals surface area contributed by atoms with E-state index >= 15 is 0 Å². The van der Waals surface area contributed by atoms with Gasteiger partial charge in [0.15, 0.2) is 5.82 Å². The molecule has 0 saturated carbocycles. The highest BCUT2D eigenvalue weighted by Gasteiger charge is 2.13. The number of carboxylic acid groups (broad SMARTS) is 2. The van der Waals surface area contributed by atoms with Crippen molar-refractivity contribution in [3.8, 4) is 0 Å². The smallest absolute Gasteiger partial charge is 0.414 e. The van der Waals surface area contributed by atoms with E-state index in [1.165, 1.54) is 0 Å². The predicted octanol–water partition coefficient (Wildman–Crippen LogP) is 0.787. The van der Waals surface area contributed by atoms with Crippen LogP contribution in [0, 0.1) is 6.92 Å². The van der Waals surface area contributed by atoms with E-state index in [0.717, 1.165) is 32.6 Å². The van der Waals surface area contributed by atoms with Gasteiger partial charge in [-0.1, -0.05) is 19.0 Å². The van der Waals surface area contributed by atoms with Crippen LogP contribution in [0.4, 0.5) is 5.82 Å². The molecule has 10 heteroatoms. The van der Waals surface area contributed by atoms with E-state index in [-0.39, 0.29) is 11.9 Å². The number of hydrogen-bond donors (Lipinski definition) is 4. The molecule has 0 aliphatic rings. The largest absolute Gasteiger partial charge is 0.473 e. The minimum Gasteiger partial charge on any atom is -0.473 e. The number of carbonyl (C=O) groups is 3. The van der Waals surface area contributed by atoms with Gasteiger partial charge < -0.3 is 30.3 Å². The molecule has 0 aliphatic heterocycles. The van der Waals surface area contributed by atoms with Crippen LogP contribution in [0.25, 0.3) is 0 Å². The van der Waals surface area contributed by atoms with Gasteiger partial charge in [-0.15, -0.1) is 0 Å². The minimum absolute atomic E-state index is 0.0962. The molecule has 1 unspecified atom stereocenters. The van der Waals surface area contributed by atoms with Crippen LogP contribution < -0.4 is 10.6 Å². The minimum atomic E-state index is -1.82. The zero-order valence-corrected chi connectivity index (χ0v) is 15.6. The van der Waals surface area contributed by atoms with Crippen molar-refractivity contribution in [2.45, 2.75) is 40.2 Å². The van der Waals surface area contributed by atoms with Gasteiger partial charge in [-0.25, -0.2) is 9.59 Å². The SMILES string of the molecule is CCN(CC)CCCNC(C)C(=O)Nc1cc(C)on1.O=C(O)C(=O)O. The molecule has 0 aliphatic carbocycles. The van der Waals surface area contributed by atoms with E-state index in [1.807, 2.05) is 6.92 Å². The molecule has 4 N–H and O–H groups in total. The Morgan fingerprint density at radius 3 is 2.23 bits per heavy atom. The maximum atomic E-state index is 11.9. The van der Waals surface area contributed by atoms with Crippen molar-refractivity contribution in [2.24, 2.45) is 0 Å². The van der Waals surface area contributed by atoms with Crippen molar-refractivity contribution in [2.75, 3.05) is 31.5 Å². The summed E-state index contributed by atoms with van der Waals surface area (Å²) < 4.78 is 4.90. The molecule has 1 heterocycles. The number of carboxylic acids is 2. The third-order valence-corrected chi connectivity index (χ3v) is 3.45. The van der Waals surface area contributed by atoms with Crippen molar-refractivity contribution in [1.82, 2.24) is 15.4 Å². The highest BCUT2D eigenvalue weighted by molar-refractivity contribution is 6.27. The molecule has 10 nitrogen and oxygen atoms in total. The number of rotatable bonds is 9. The van der Waals surface area contributed by atoms with Crippen molar-refractivity contribution < 1.29 is 29.1 Å². The van der Waals surface area contributed by atoms with Crippen LogP contribution in [0.1, 0.15) is 33.0 Å². The molecular formula is C16H28N4O6. The fourth-order valence-corrected chi connectivity index (χ4v) is 1.91. The van der Waals surface area contributed by atoms with Crippen molar-refractivity contribution >= 4 is 23.7 Å². The van der Waals surface area contributed by atoms with Gasteiger partial charge in [0.25, 0.3) is 0 Å². The lowest BCUT2D eigenvalue weighted by atomic mass is 10.3. The first-order valence-corrected chi connectivity index (χ1v) is 8.37. The molecule has 0 saturated heterocycles. The first-order valence-electron chi connectivity index (χ1n) is 8.37. The van der Waals surface area contributed by atoms with Gasteiger partial charge in [0.1, 0.15) is 5.76 Å². The zero-order valence-electron chi connectivity index (χ0n) is 15.6. The molecule has 0 spiro atoms. The van der Waals surface area contributed by atoms with E-state index < -0.39 is 11.9 Å². The summed E-state index contributed by atoms with van der Waals surface area (Å²) in [6, 6.07) is 1.45. The zero-order chi connectivity index (χ0) is 20.1. The van der Waals surface area contributed by atoms with Gasteiger partial charge in [-0.05, 0) is 46.4 Å². The summed E-state index contributed by atoms with van der Waals surface area (Å²) in [5.41, 5.74) is 0. The van der Waals surface area contributed by atoms with Crippen LogP contribution in [-0.2, 0) is 14.4 Å². The van der Waals surface area contributed by atoms with E-state index in [9.17, 15) is 4.79 Å². The fraction of sp³-hybridized carbons (Fsp3) is 0.625. The third-order valence-electron chi connectivity index (χ3n) is 3.45. The van der Waals surface area contributed by atoms with Crippen molar-refractivity contribution in [3.63, 3.8) is 0 Å². The summed E-state index contributed by atoms with van der Waals surface area (Å²) in [6.07, 6.45) is 1.03. The lowest BCUT2D eigenvalue weighted by Crippen LogP contribution is -2.39. The van der Waals surface area contributed by atoms with Crippen molar-refractivity contribution in [1.29, 1.82) is 0 Å². The van der Waals surface area contributed by atoms with Crippen LogP contribution in [0.5, 0.6) is 0 Å². The maximum absolute atomic E-state index is 11.9. The predicted molar refractivity (Wildman–Crippen MR) is 95.0 cm³/mol. The molecule has 26 heavy (non-hydrogen) atoms. The Bertz CT molecular complexity index is 559. The standard InChI is InChI=1S/C14H26N4O2.C2H2O4/c1-5-18(6-2)9-7-8-15-12(4)14(19)16-13-10-11(3)20-17-13;3-1(4)2(5)6/h10,12,15H,5-9H2,1-4H3,(H,16,17,19);(H,3,4)(H,5,6). The normalized spacial score (nSPS) is 11.4. The second kappa shape index (κ2) is 12.8. The van der Waals surface area contributed by atoms with Crippen molar-refractivity contribution in [3.05, 3.63) is 11.8 Å². The Kier molecular flexibility index (Phi) is 11.6. The summed E-state index contributed by atoms with van der Waals surface area (Å²) in [6.45, 7) is 12.0. The van der Waals surface area contributed by atoms with E-state index in [2.05, 4.69) is 34.5 Å². The Balaban J connectivity index is 0.000000896. The Hall–Kier alpha value is -2.46. The summed E-state index contributed by atoms with van der Waals surface area (Å²) in [4.78, 5) is 32.5. The van der Waals surface area contributed by atoms with Crippen LogP contribution >= 0.6 is 0 Å². The van der Waals surface area contributed by atoms with Crippen LogP contribution in [-0.4, -0.2) is 70.3 Å². The Labute approximate surface area is 152 Å². The summed E-state index contributed by atoms with van der Waals surface area (Å²) in [7, 11) is 0. The van der Waals surface area contributed by atoms with Crippen LogP contribution in [0.3, 0.4) is 0 Å². The Morgan fingerprint density at radius 1 is 1.23 bits per heavy atom. The topological polar surface area (TPSA) is 145 Å². The number of anilines is 1. The second-order valence-corrected chi connectivity index (χ2v) is 5.48. The number of aromatic nitrogens is 1. The maximum Gasteiger partial charge on any atom is 0.414 e. The number of aryl methyl sites for hydroxylation is 1. The monoisotopic (exact) mass is 372 g/mol. The van der Waals surface area contributed by atoms with Gasteiger partial charge in [0, 0.05) is 6.07 Å². The molecule has 0 bridgehead atoms. The molecule has 1 aromatic rings. The third kappa shape index (κ3) is 10.4. The molecule has 1 rings (SSSR count). The number of carbonyl (C=O) groups excluding carboxylic acids is 1. The highest BCUT2D eigenvalue weighted by atomic mass is 16.5. The molecule has 0 fully saturated rings. The number of nitrogens with one attached hydrogen (secondary N) is 2. The van der Waals surface area contributed by atoms with Gasteiger partial charge in [0.05, 0.1) is 6.04 Å². The van der Waals surface area contributed by atoms with E-state index in [0.29, 0.717) is 11.6 Å². The van der Waals surface area contributed by atoms with E-state index in [1.54, 1.807) is 13.0 Å². The average molecular weight is 372 g/mol. The van der Waals surface area contributed by atoms with Gasteiger partial charge in [-0.3, -0.25) is 4.79 Å². The highest BCUT2D eigenvalue weighted by Crippen LogP contribution is 2.07. The first-order chi connectivity index (χ1) is 12.2. The summed E-state index contributed by atoms with van der Waals surface area (Å²) >= 11 is 0. The summed E-state index contributed by atoms with van der Waals surface area (Å²) in [5, 5.41) is 24.5. The van der Waals surface area contributed by atoms with E-state index in [4.69, 9.17) is 24.3 Å². The molecule has 0 radical (unpaired) electrons. The quantitative estimate of drug-likeness (QED) is 0.365. The first kappa shape index (κ1) is 23.5. The number of amides is 1. The lowest BCUT2D eigenvalue weighted by Gasteiger charge is -2.18. The molecule has 1 atom stereocenters. The van der Waals surface area contributed by atoms with Gasteiger partial charge in [-0.2, -0.15) is 0 Å². The second-order valence-electron chi connectivity index (χ2n) is 5.48. The molecular weight excluding hydrogens is 344 g/mol. The molecule has 1 amide bonds. The number of hydrogen-bond acceptors (Lipinski definition) is 7.